The molecule has 1 amide bonds. The van der Waals surface area contributed by atoms with Crippen LogP contribution in [0, 0.1) is 0 Å². The van der Waals surface area contributed by atoms with Crippen LogP contribution in [0.25, 0.3) is 34.7 Å². The highest BCUT2D eigenvalue weighted by Gasteiger charge is 2.23. The van der Waals surface area contributed by atoms with Crippen LogP contribution in [0.1, 0.15) is 32.7 Å². The molecule has 0 unspecified atom stereocenters. The molecule has 156 valence electrons. The number of H-pyrrole nitrogens is 1. The molecule has 6 nitrogen and oxygen atoms in total. The number of nitrogens with zero attached hydrogens (tertiary/aromatic N) is 1. The summed E-state index contributed by atoms with van der Waals surface area (Å²) >= 11 is 0. The molecule has 0 saturated heterocycles. The van der Waals surface area contributed by atoms with Gasteiger partial charge in [0, 0.05) is 22.2 Å². The van der Waals surface area contributed by atoms with Gasteiger partial charge < -0.3 is 10.1 Å². The van der Waals surface area contributed by atoms with Gasteiger partial charge in [0.2, 0.25) is 0 Å². The zero-order valence-electron chi connectivity index (χ0n) is 17.3. The van der Waals surface area contributed by atoms with Gasteiger partial charge in [0.15, 0.2) is 0 Å². The number of esters is 1. The molecule has 2 heterocycles. The van der Waals surface area contributed by atoms with Crippen LogP contribution in [0.15, 0.2) is 66.7 Å². The topological polar surface area (TPSA) is 84.1 Å². The van der Waals surface area contributed by atoms with E-state index < -0.39 is 0 Å². The van der Waals surface area contributed by atoms with Gasteiger partial charge in [-0.15, -0.1) is 0 Å². The molecule has 0 atom stereocenters. The number of hydrogen-bond acceptors (Lipinski definition) is 4. The van der Waals surface area contributed by atoms with Gasteiger partial charge in [0.1, 0.15) is 0 Å². The second kappa shape index (κ2) is 8.00. The van der Waals surface area contributed by atoms with E-state index in [1.54, 1.807) is 12.1 Å². The normalized spacial score (nSPS) is 14.2. The van der Waals surface area contributed by atoms with Crippen LogP contribution in [-0.4, -0.2) is 29.2 Å². The number of methoxy groups -OCH3 is 1. The van der Waals surface area contributed by atoms with Crippen LogP contribution in [0.3, 0.4) is 0 Å². The second-order valence-electron chi connectivity index (χ2n) is 7.42. The minimum absolute atomic E-state index is 0.0993. The number of aromatic nitrogens is 2. The van der Waals surface area contributed by atoms with E-state index in [4.69, 9.17) is 4.74 Å². The molecular weight excluding hydrogens is 402 g/mol. The maximum Gasteiger partial charge on any atom is 0.337 e. The summed E-state index contributed by atoms with van der Waals surface area (Å²) in [7, 11) is 1.36. The minimum Gasteiger partial charge on any atom is -0.465 e. The van der Waals surface area contributed by atoms with Crippen LogP contribution >= 0.6 is 0 Å². The predicted octanol–water partition coefficient (Wildman–Crippen LogP) is 5.01. The summed E-state index contributed by atoms with van der Waals surface area (Å²) in [5.41, 5.74) is 6.44. The lowest BCUT2D eigenvalue weighted by Crippen LogP contribution is -2.03. The standard InChI is InChI=1S/C26H19N3O3/c1-32-26(31)18-10-6-16(7-11-18)9-13-23-20-12-8-17(15-24(20)29-28-23)14-21-19-4-2-3-5-22(19)27-25(21)30/h2-15H,1H3,(H,27,30)(H,28,29)/b13-9?,21-14+. The van der Waals surface area contributed by atoms with E-state index in [0.29, 0.717) is 11.1 Å². The first-order valence-electron chi connectivity index (χ1n) is 10.1. The Morgan fingerprint density at radius 2 is 1.75 bits per heavy atom. The smallest absolute Gasteiger partial charge is 0.337 e. The van der Waals surface area contributed by atoms with Gasteiger partial charge in [-0.3, -0.25) is 9.89 Å². The van der Waals surface area contributed by atoms with Crippen molar-refractivity contribution in [2.75, 3.05) is 12.4 Å². The van der Waals surface area contributed by atoms with E-state index in [9.17, 15) is 9.59 Å². The highest BCUT2D eigenvalue weighted by Crippen LogP contribution is 2.33. The molecule has 3 aromatic carbocycles. The number of anilines is 1. The average Bonchev–Trinajstić information content (AvgIpc) is 3.37. The molecule has 0 radical (unpaired) electrons. The molecule has 2 N–H and O–H groups in total. The minimum atomic E-state index is -0.358. The first-order chi connectivity index (χ1) is 15.6. The van der Waals surface area contributed by atoms with Gasteiger partial charge in [-0.05, 0) is 53.6 Å². The largest absolute Gasteiger partial charge is 0.465 e. The highest BCUT2D eigenvalue weighted by molar-refractivity contribution is 6.34. The number of para-hydroxylation sites is 1. The molecule has 4 aromatic rings. The third-order valence-electron chi connectivity index (χ3n) is 5.40. The van der Waals surface area contributed by atoms with Crippen molar-refractivity contribution < 1.29 is 14.3 Å². The number of carbonyl (C=O) groups excluding carboxylic acids is 2. The Kier molecular flexibility index (Phi) is 4.88. The fraction of sp³-hybridized carbons (Fsp3) is 0.0385. The van der Waals surface area contributed by atoms with E-state index in [-0.39, 0.29) is 11.9 Å². The lowest BCUT2D eigenvalue weighted by molar-refractivity contribution is -0.110. The molecule has 1 aliphatic heterocycles. The van der Waals surface area contributed by atoms with Crippen LogP contribution in [0.4, 0.5) is 5.69 Å². The fourth-order valence-corrected chi connectivity index (χ4v) is 3.75. The maximum atomic E-state index is 12.4. The molecule has 6 heteroatoms. The Labute approximate surface area is 184 Å². The monoisotopic (exact) mass is 421 g/mol. The van der Waals surface area contributed by atoms with Gasteiger partial charge in [-0.2, -0.15) is 5.10 Å². The molecule has 5 rings (SSSR count). The molecule has 0 spiro atoms. The Balaban J connectivity index is 1.41. The van der Waals surface area contributed by atoms with Gasteiger partial charge in [-0.25, -0.2) is 4.79 Å². The molecule has 0 aliphatic carbocycles. The van der Waals surface area contributed by atoms with Crippen molar-refractivity contribution in [2.24, 2.45) is 0 Å². The third kappa shape index (κ3) is 3.58. The Morgan fingerprint density at radius 1 is 0.969 bits per heavy atom. The first kappa shape index (κ1) is 19.5. The summed E-state index contributed by atoms with van der Waals surface area (Å²) in [6.45, 7) is 0. The first-order valence-corrected chi connectivity index (χ1v) is 10.1. The fourth-order valence-electron chi connectivity index (χ4n) is 3.75. The summed E-state index contributed by atoms with van der Waals surface area (Å²) in [6.07, 6.45) is 5.75. The van der Waals surface area contributed by atoms with Crippen molar-refractivity contribution >= 4 is 52.3 Å². The molecule has 1 aliphatic rings. The highest BCUT2D eigenvalue weighted by atomic mass is 16.5. The number of rotatable bonds is 4. The van der Waals surface area contributed by atoms with Gasteiger partial charge in [0.25, 0.3) is 5.91 Å². The Bertz CT molecular complexity index is 1410. The maximum absolute atomic E-state index is 12.4. The van der Waals surface area contributed by atoms with Crippen LogP contribution in [-0.2, 0) is 9.53 Å². The number of benzene rings is 3. The van der Waals surface area contributed by atoms with Crippen molar-refractivity contribution in [1.82, 2.24) is 10.2 Å². The number of aromatic amines is 1. The number of amides is 1. The molecule has 32 heavy (non-hydrogen) atoms. The van der Waals surface area contributed by atoms with Crippen LogP contribution in [0.5, 0.6) is 0 Å². The Hall–Kier alpha value is -4.45. The summed E-state index contributed by atoms with van der Waals surface area (Å²) in [6, 6.07) is 20.8. The number of carbonyl (C=O) groups is 2. The molecule has 0 saturated carbocycles. The molecule has 0 bridgehead atoms. The van der Waals surface area contributed by atoms with Crippen molar-refractivity contribution in [3.63, 3.8) is 0 Å². The van der Waals surface area contributed by atoms with Crippen LogP contribution < -0.4 is 5.32 Å². The summed E-state index contributed by atoms with van der Waals surface area (Å²) in [4.78, 5) is 23.9. The lowest BCUT2D eigenvalue weighted by atomic mass is 10.0. The van der Waals surface area contributed by atoms with Crippen molar-refractivity contribution in [2.45, 2.75) is 0 Å². The van der Waals surface area contributed by atoms with E-state index in [1.807, 2.05) is 72.8 Å². The number of ether oxygens (including phenoxy) is 1. The SMILES string of the molecule is COC(=O)c1ccc(C=Cc2n[nH]c3cc(/C=C4/C(=O)Nc5ccccc54)ccc23)cc1. The molecule has 0 fully saturated rings. The van der Waals surface area contributed by atoms with E-state index in [0.717, 1.165) is 39.0 Å². The number of nitrogens with one attached hydrogen (secondary N) is 2. The van der Waals surface area contributed by atoms with E-state index in [2.05, 4.69) is 15.5 Å². The lowest BCUT2D eigenvalue weighted by Gasteiger charge is -2.00. The molecule has 1 aromatic heterocycles. The van der Waals surface area contributed by atoms with Crippen LogP contribution in [0.2, 0.25) is 0 Å². The third-order valence-corrected chi connectivity index (χ3v) is 5.40. The molecular formula is C26H19N3O3. The van der Waals surface area contributed by atoms with Crippen molar-refractivity contribution in [1.29, 1.82) is 0 Å². The van der Waals surface area contributed by atoms with Gasteiger partial charge >= 0.3 is 5.97 Å². The van der Waals surface area contributed by atoms with Gasteiger partial charge in [-0.1, -0.05) is 42.5 Å². The summed E-state index contributed by atoms with van der Waals surface area (Å²) < 4.78 is 4.72. The summed E-state index contributed by atoms with van der Waals surface area (Å²) in [5, 5.41) is 11.3. The number of fused-ring (bicyclic) bond motifs is 2. The second-order valence-corrected chi connectivity index (χ2v) is 7.42. The predicted molar refractivity (Wildman–Crippen MR) is 126 cm³/mol. The van der Waals surface area contributed by atoms with E-state index in [1.165, 1.54) is 7.11 Å². The van der Waals surface area contributed by atoms with Crippen molar-refractivity contribution in [3.05, 3.63) is 94.7 Å². The van der Waals surface area contributed by atoms with Gasteiger partial charge in [0.05, 0.1) is 23.9 Å². The summed E-state index contributed by atoms with van der Waals surface area (Å²) in [5.74, 6) is -0.457. The number of hydrogen-bond donors (Lipinski definition) is 2. The quantitative estimate of drug-likeness (QED) is 0.358. The average molecular weight is 421 g/mol. The zero-order chi connectivity index (χ0) is 22.1. The van der Waals surface area contributed by atoms with E-state index >= 15 is 0 Å². The van der Waals surface area contributed by atoms with Crippen molar-refractivity contribution in [3.8, 4) is 0 Å². The Morgan fingerprint density at radius 3 is 2.56 bits per heavy atom. The zero-order valence-corrected chi connectivity index (χ0v) is 17.3.